The SMILES string of the molecule is CNC(=O)[C@H]1CN(Cc2cccnc2)C[C@@H]1NC(=O)c1cccc(C)n1. The van der Waals surface area contributed by atoms with Gasteiger partial charge in [0.05, 0.1) is 12.0 Å². The minimum absolute atomic E-state index is 0.0683. The summed E-state index contributed by atoms with van der Waals surface area (Å²) >= 11 is 0. The summed E-state index contributed by atoms with van der Waals surface area (Å²) in [7, 11) is 1.62. The Labute approximate surface area is 152 Å². The maximum absolute atomic E-state index is 12.5. The summed E-state index contributed by atoms with van der Waals surface area (Å²) in [5.74, 6) is -0.623. The number of nitrogens with zero attached hydrogens (tertiary/aromatic N) is 3. The van der Waals surface area contributed by atoms with Crippen LogP contribution in [0.25, 0.3) is 0 Å². The molecule has 136 valence electrons. The molecule has 1 saturated heterocycles. The Morgan fingerprint density at radius 3 is 2.77 bits per heavy atom. The standard InChI is InChI=1S/C19H23N5O2/c1-13-5-3-7-16(22-13)19(26)23-17-12-24(11-15(17)18(25)20-2)10-14-6-4-8-21-9-14/h3-9,15,17H,10-12H2,1-2H3,(H,20,25)(H,23,26)/t15-,17-/m0/s1. The van der Waals surface area contributed by atoms with Crippen LogP contribution in [0.3, 0.4) is 0 Å². The number of aryl methyl sites for hydroxylation is 1. The van der Waals surface area contributed by atoms with Gasteiger partial charge in [0.2, 0.25) is 5.91 Å². The van der Waals surface area contributed by atoms with Gasteiger partial charge in [-0.25, -0.2) is 4.98 Å². The average Bonchev–Trinajstić information content (AvgIpc) is 3.04. The smallest absolute Gasteiger partial charge is 0.270 e. The third kappa shape index (κ3) is 4.23. The number of nitrogens with one attached hydrogen (secondary N) is 2. The van der Waals surface area contributed by atoms with E-state index < -0.39 is 0 Å². The number of hydrogen-bond acceptors (Lipinski definition) is 5. The van der Waals surface area contributed by atoms with Crippen LogP contribution in [-0.2, 0) is 11.3 Å². The molecule has 0 saturated carbocycles. The molecule has 2 amide bonds. The summed E-state index contributed by atoms with van der Waals surface area (Å²) in [6, 6.07) is 8.96. The van der Waals surface area contributed by atoms with Crippen molar-refractivity contribution >= 4 is 11.8 Å². The van der Waals surface area contributed by atoms with E-state index in [1.807, 2.05) is 31.3 Å². The minimum Gasteiger partial charge on any atom is -0.359 e. The Bertz CT molecular complexity index is 781. The van der Waals surface area contributed by atoms with Crippen LogP contribution in [0.15, 0.2) is 42.7 Å². The highest BCUT2D eigenvalue weighted by atomic mass is 16.2. The number of likely N-dealkylation sites (tertiary alicyclic amines) is 1. The zero-order valence-electron chi connectivity index (χ0n) is 15.0. The molecule has 2 aromatic heterocycles. The molecule has 1 aliphatic heterocycles. The first-order valence-corrected chi connectivity index (χ1v) is 8.64. The molecule has 7 nitrogen and oxygen atoms in total. The lowest BCUT2D eigenvalue weighted by molar-refractivity contribution is -0.124. The van der Waals surface area contributed by atoms with Crippen LogP contribution in [0.1, 0.15) is 21.7 Å². The molecular weight excluding hydrogens is 330 g/mol. The molecule has 0 radical (unpaired) electrons. The maximum atomic E-state index is 12.5. The van der Waals surface area contributed by atoms with Crippen molar-refractivity contribution < 1.29 is 9.59 Å². The molecule has 0 unspecified atom stereocenters. The Hall–Kier alpha value is -2.80. The first kappa shape index (κ1) is 18.0. The zero-order valence-corrected chi connectivity index (χ0v) is 15.0. The van der Waals surface area contributed by atoms with Crippen LogP contribution < -0.4 is 10.6 Å². The van der Waals surface area contributed by atoms with Crippen molar-refractivity contribution in [3.63, 3.8) is 0 Å². The summed E-state index contributed by atoms with van der Waals surface area (Å²) in [5.41, 5.74) is 2.23. The molecule has 3 rings (SSSR count). The van der Waals surface area contributed by atoms with E-state index in [1.54, 1.807) is 25.4 Å². The molecule has 26 heavy (non-hydrogen) atoms. The fourth-order valence-electron chi connectivity index (χ4n) is 3.27. The highest BCUT2D eigenvalue weighted by Crippen LogP contribution is 2.20. The molecule has 2 atom stereocenters. The van der Waals surface area contributed by atoms with Gasteiger partial charge in [-0.3, -0.25) is 19.5 Å². The molecule has 1 aliphatic rings. The number of pyridine rings is 2. The van der Waals surface area contributed by atoms with E-state index in [1.165, 1.54) is 0 Å². The Kier molecular flexibility index (Phi) is 5.58. The molecule has 2 N–H and O–H groups in total. The van der Waals surface area contributed by atoms with Crippen molar-refractivity contribution in [3.05, 3.63) is 59.7 Å². The molecule has 1 fully saturated rings. The van der Waals surface area contributed by atoms with Gasteiger partial charge in [-0.2, -0.15) is 0 Å². The van der Waals surface area contributed by atoms with Gasteiger partial charge in [-0.15, -0.1) is 0 Å². The van der Waals surface area contributed by atoms with Crippen molar-refractivity contribution in [2.75, 3.05) is 20.1 Å². The van der Waals surface area contributed by atoms with Crippen LogP contribution in [0.4, 0.5) is 0 Å². The first-order chi connectivity index (χ1) is 12.6. The van der Waals surface area contributed by atoms with Gasteiger partial charge >= 0.3 is 0 Å². The summed E-state index contributed by atoms with van der Waals surface area (Å²) in [6.45, 7) is 3.72. The number of carbonyl (C=O) groups is 2. The fourth-order valence-corrected chi connectivity index (χ4v) is 3.27. The zero-order chi connectivity index (χ0) is 18.5. The van der Waals surface area contributed by atoms with Crippen molar-refractivity contribution in [3.8, 4) is 0 Å². The average molecular weight is 353 g/mol. The summed E-state index contributed by atoms with van der Waals surface area (Å²) in [6.07, 6.45) is 3.55. The van der Waals surface area contributed by atoms with E-state index in [9.17, 15) is 9.59 Å². The van der Waals surface area contributed by atoms with Crippen LogP contribution >= 0.6 is 0 Å². The summed E-state index contributed by atoms with van der Waals surface area (Å²) in [4.78, 5) is 35.4. The van der Waals surface area contributed by atoms with Gasteiger partial charge < -0.3 is 10.6 Å². The summed E-state index contributed by atoms with van der Waals surface area (Å²) in [5, 5.41) is 5.68. The lowest BCUT2D eigenvalue weighted by atomic mass is 10.0. The second-order valence-corrected chi connectivity index (χ2v) is 6.52. The topological polar surface area (TPSA) is 87.2 Å². The van der Waals surface area contributed by atoms with Gasteiger partial charge in [0.25, 0.3) is 5.91 Å². The quantitative estimate of drug-likeness (QED) is 0.829. The van der Waals surface area contributed by atoms with E-state index >= 15 is 0 Å². The number of hydrogen-bond donors (Lipinski definition) is 2. The number of carbonyl (C=O) groups excluding carboxylic acids is 2. The number of amides is 2. The molecule has 0 spiro atoms. The van der Waals surface area contributed by atoms with Gasteiger partial charge in [0, 0.05) is 44.8 Å². The van der Waals surface area contributed by atoms with Crippen molar-refractivity contribution in [1.29, 1.82) is 0 Å². The lowest BCUT2D eigenvalue weighted by Crippen LogP contribution is -2.45. The number of rotatable bonds is 5. The Morgan fingerprint density at radius 1 is 1.23 bits per heavy atom. The van der Waals surface area contributed by atoms with Crippen LogP contribution in [-0.4, -0.2) is 52.9 Å². The predicted octanol–water partition coefficient (Wildman–Crippen LogP) is 0.761. The monoisotopic (exact) mass is 353 g/mol. The van der Waals surface area contributed by atoms with E-state index in [2.05, 4.69) is 25.5 Å². The largest absolute Gasteiger partial charge is 0.359 e. The first-order valence-electron chi connectivity index (χ1n) is 8.64. The van der Waals surface area contributed by atoms with Gasteiger partial charge in [-0.1, -0.05) is 12.1 Å². The molecule has 0 aliphatic carbocycles. The van der Waals surface area contributed by atoms with Gasteiger partial charge in [0.1, 0.15) is 5.69 Å². The lowest BCUT2D eigenvalue weighted by Gasteiger charge is -2.18. The van der Waals surface area contributed by atoms with Crippen molar-refractivity contribution in [1.82, 2.24) is 25.5 Å². The maximum Gasteiger partial charge on any atom is 0.270 e. The third-order valence-electron chi connectivity index (χ3n) is 4.55. The molecule has 2 aromatic rings. The highest BCUT2D eigenvalue weighted by molar-refractivity contribution is 5.93. The minimum atomic E-state index is -0.301. The van der Waals surface area contributed by atoms with Gasteiger partial charge in [0.15, 0.2) is 0 Å². The van der Waals surface area contributed by atoms with E-state index in [0.717, 1.165) is 11.3 Å². The molecular formula is C19H23N5O2. The normalized spacial score (nSPS) is 19.9. The molecule has 7 heteroatoms. The fraction of sp³-hybridized carbons (Fsp3) is 0.368. The second-order valence-electron chi connectivity index (χ2n) is 6.52. The van der Waals surface area contributed by atoms with E-state index in [4.69, 9.17) is 0 Å². The third-order valence-corrected chi connectivity index (χ3v) is 4.55. The van der Waals surface area contributed by atoms with Gasteiger partial charge in [-0.05, 0) is 30.7 Å². The second kappa shape index (κ2) is 8.05. The molecule has 0 aromatic carbocycles. The van der Waals surface area contributed by atoms with Crippen LogP contribution in [0, 0.1) is 12.8 Å². The van der Waals surface area contributed by atoms with E-state index in [0.29, 0.717) is 25.3 Å². The Morgan fingerprint density at radius 2 is 2.08 bits per heavy atom. The number of aromatic nitrogens is 2. The molecule has 0 bridgehead atoms. The predicted molar refractivity (Wildman–Crippen MR) is 97.3 cm³/mol. The van der Waals surface area contributed by atoms with E-state index in [-0.39, 0.29) is 23.8 Å². The summed E-state index contributed by atoms with van der Waals surface area (Å²) < 4.78 is 0. The highest BCUT2D eigenvalue weighted by Gasteiger charge is 2.38. The Balaban J connectivity index is 1.71. The van der Waals surface area contributed by atoms with Crippen LogP contribution in [0.2, 0.25) is 0 Å². The van der Waals surface area contributed by atoms with Crippen LogP contribution in [0.5, 0.6) is 0 Å². The van der Waals surface area contributed by atoms with Crippen molar-refractivity contribution in [2.24, 2.45) is 5.92 Å². The van der Waals surface area contributed by atoms with Crippen molar-refractivity contribution in [2.45, 2.75) is 19.5 Å². The molecule has 3 heterocycles.